The number of imide groups is 1. The lowest BCUT2D eigenvalue weighted by Crippen LogP contribution is -2.41. The Morgan fingerprint density at radius 3 is 2.68 bits per heavy atom. The van der Waals surface area contributed by atoms with Crippen LogP contribution in [0, 0.1) is 0 Å². The van der Waals surface area contributed by atoms with Gasteiger partial charge in [0.1, 0.15) is 5.75 Å². The molecule has 0 fully saturated rings. The van der Waals surface area contributed by atoms with Gasteiger partial charge in [0.25, 0.3) is 5.91 Å². The summed E-state index contributed by atoms with van der Waals surface area (Å²) in [5.41, 5.74) is 0. The van der Waals surface area contributed by atoms with E-state index in [4.69, 9.17) is 4.74 Å². The van der Waals surface area contributed by atoms with E-state index >= 15 is 0 Å². The summed E-state index contributed by atoms with van der Waals surface area (Å²) in [6.07, 6.45) is 0.809. The number of carbonyl (C=O) groups is 2. The van der Waals surface area contributed by atoms with Gasteiger partial charge in [-0.25, -0.2) is 4.79 Å². The van der Waals surface area contributed by atoms with Crippen LogP contribution in [0.4, 0.5) is 4.79 Å². The molecule has 0 aliphatic heterocycles. The van der Waals surface area contributed by atoms with Crippen LogP contribution in [-0.4, -0.2) is 25.1 Å². The molecule has 3 amide bonds. The predicted molar refractivity (Wildman–Crippen MR) is 79.2 cm³/mol. The molecule has 0 saturated carbocycles. The monoisotopic (exact) mass is 392 g/mol. The van der Waals surface area contributed by atoms with Crippen LogP contribution < -0.4 is 15.4 Å². The maximum atomic E-state index is 11.4. The normalized spacial score (nSPS) is 9.84. The molecule has 7 heteroatoms. The van der Waals surface area contributed by atoms with Crippen molar-refractivity contribution in [2.45, 2.75) is 13.3 Å². The van der Waals surface area contributed by atoms with Crippen molar-refractivity contribution in [3.63, 3.8) is 0 Å². The smallest absolute Gasteiger partial charge is 0.321 e. The zero-order chi connectivity index (χ0) is 14.3. The highest BCUT2D eigenvalue weighted by atomic mass is 79.9. The summed E-state index contributed by atoms with van der Waals surface area (Å²) in [7, 11) is 0. The van der Waals surface area contributed by atoms with Crippen molar-refractivity contribution < 1.29 is 14.3 Å². The van der Waals surface area contributed by atoms with Crippen molar-refractivity contribution in [3.05, 3.63) is 27.1 Å². The van der Waals surface area contributed by atoms with E-state index in [2.05, 4.69) is 42.5 Å². The first-order chi connectivity index (χ1) is 9.02. The number of benzene rings is 1. The molecule has 104 valence electrons. The molecule has 0 heterocycles. The Kier molecular flexibility index (Phi) is 6.86. The molecule has 2 N–H and O–H groups in total. The van der Waals surface area contributed by atoms with Crippen LogP contribution in [0.2, 0.25) is 0 Å². The molecular formula is C12H14Br2N2O3. The van der Waals surface area contributed by atoms with Crippen LogP contribution in [0.25, 0.3) is 0 Å². The molecule has 0 saturated heterocycles. The number of amides is 3. The summed E-state index contributed by atoms with van der Waals surface area (Å²) in [6, 6.07) is 4.82. The number of hydrogen-bond acceptors (Lipinski definition) is 3. The minimum atomic E-state index is -0.509. The second-order valence-electron chi connectivity index (χ2n) is 3.67. The summed E-state index contributed by atoms with van der Waals surface area (Å²) in [4.78, 5) is 22.7. The highest BCUT2D eigenvalue weighted by molar-refractivity contribution is 9.11. The van der Waals surface area contributed by atoms with Crippen molar-refractivity contribution in [1.82, 2.24) is 10.6 Å². The first kappa shape index (κ1) is 16.0. The first-order valence-electron chi connectivity index (χ1n) is 5.68. The average Bonchev–Trinajstić information content (AvgIpc) is 2.35. The van der Waals surface area contributed by atoms with E-state index in [1.165, 1.54) is 0 Å². The SMILES string of the molecule is CCCNC(=O)NC(=O)COc1ccc(Br)cc1Br. The van der Waals surface area contributed by atoms with E-state index in [0.717, 1.165) is 15.4 Å². The fraction of sp³-hybridized carbons (Fsp3) is 0.333. The lowest BCUT2D eigenvalue weighted by molar-refractivity contribution is -0.122. The Labute approximate surface area is 128 Å². The molecular weight excluding hydrogens is 380 g/mol. The molecule has 5 nitrogen and oxygen atoms in total. The molecule has 19 heavy (non-hydrogen) atoms. The van der Waals surface area contributed by atoms with Crippen molar-refractivity contribution in [2.75, 3.05) is 13.2 Å². The Hall–Kier alpha value is -1.08. The van der Waals surface area contributed by atoms with Crippen LogP contribution in [0.15, 0.2) is 27.1 Å². The number of nitrogens with one attached hydrogen (secondary N) is 2. The third kappa shape index (κ3) is 6.07. The quantitative estimate of drug-likeness (QED) is 0.808. The topological polar surface area (TPSA) is 67.4 Å². The molecule has 1 rings (SSSR count). The third-order valence-corrected chi connectivity index (χ3v) is 3.15. The average molecular weight is 394 g/mol. The van der Waals surface area contributed by atoms with Gasteiger partial charge in [-0.2, -0.15) is 0 Å². The zero-order valence-electron chi connectivity index (χ0n) is 10.3. The Bertz CT molecular complexity index is 466. The van der Waals surface area contributed by atoms with Crippen LogP contribution >= 0.6 is 31.9 Å². The summed E-state index contributed by atoms with van der Waals surface area (Å²) >= 11 is 6.63. The predicted octanol–water partition coefficient (Wildman–Crippen LogP) is 2.83. The Balaban J connectivity index is 2.39. The Morgan fingerprint density at radius 1 is 1.32 bits per heavy atom. The van der Waals surface area contributed by atoms with E-state index in [0.29, 0.717) is 12.3 Å². The van der Waals surface area contributed by atoms with Gasteiger partial charge in [0, 0.05) is 11.0 Å². The standard InChI is InChI=1S/C12H14Br2N2O3/c1-2-5-15-12(18)16-11(17)7-19-10-4-3-8(13)6-9(10)14/h3-4,6H,2,5,7H2,1H3,(H2,15,16,17,18). The molecule has 0 spiro atoms. The highest BCUT2D eigenvalue weighted by Crippen LogP contribution is 2.27. The zero-order valence-corrected chi connectivity index (χ0v) is 13.5. The molecule has 0 bridgehead atoms. The second kappa shape index (κ2) is 8.16. The van der Waals surface area contributed by atoms with Crippen LogP contribution in [0.3, 0.4) is 0 Å². The first-order valence-corrected chi connectivity index (χ1v) is 7.27. The van der Waals surface area contributed by atoms with E-state index in [1.807, 2.05) is 6.92 Å². The number of ether oxygens (including phenoxy) is 1. The highest BCUT2D eigenvalue weighted by Gasteiger charge is 2.09. The molecule has 0 radical (unpaired) electrons. The van der Waals surface area contributed by atoms with Gasteiger partial charge in [0.2, 0.25) is 0 Å². The largest absolute Gasteiger partial charge is 0.483 e. The maximum Gasteiger partial charge on any atom is 0.321 e. The molecule has 1 aromatic rings. The molecule has 0 aromatic heterocycles. The van der Waals surface area contributed by atoms with Gasteiger partial charge in [0.15, 0.2) is 6.61 Å². The van der Waals surface area contributed by atoms with Gasteiger partial charge in [0.05, 0.1) is 4.47 Å². The van der Waals surface area contributed by atoms with E-state index in [1.54, 1.807) is 18.2 Å². The summed E-state index contributed by atoms with van der Waals surface area (Å²) in [6.45, 7) is 2.23. The van der Waals surface area contributed by atoms with Gasteiger partial charge >= 0.3 is 6.03 Å². The molecule has 0 aliphatic carbocycles. The summed E-state index contributed by atoms with van der Waals surface area (Å²) in [5.74, 6) is 0.0377. The maximum absolute atomic E-state index is 11.4. The second-order valence-corrected chi connectivity index (χ2v) is 5.44. The molecule has 1 aromatic carbocycles. The Morgan fingerprint density at radius 2 is 2.05 bits per heavy atom. The van der Waals surface area contributed by atoms with Crippen molar-refractivity contribution >= 4 is 43.8 Å². The lowest BCUT2D eigenvalue weighted by atomic mass is 10.3. The summed E-state index contributed by atoms with van der Waals surface area (Å²) < 4.78 is 6.92. The summed E-state index contributed by atoms with van der Waals surface area (Å²) in [5, 5.41) is 4.72. The number of halogens is 2. The third-order valence-electron chi connectivity index (χ3n) is 2.04. The minimum Gasteiger partial charge on any atom is -0.483 e. The van der Waals surface area contributed by atoms with Gasteiger partial charge in [-0.05, 0) is 40.5 Å². The fourth-order valence-corrected chi connectivity index (χ4v) is 2.34. The van der Waals surface area contributed by atoms with Crippen LogP contribution in [-0.2, 0) is 4.79 Å². The van der Waals surface area contributed by atoms with Gasteiger partial charge in [-0.1, -0.05) is 22.9 Å². The molecule has 0 unspecified atom stereocenters. The number of rotatable bonds is 5. The minimum absolute atomic E-state index is 0.222. The van der Waals surface area contributed by atoms with Crippen LogP contribution in [0.1, 0.15) is 13.3 Å². The van der Waals surface area contributed by atoms with E-state index < -0.39 is 11.9 Å². The van der Waals surface area contributed by atoms with E-state index in [-0.39, 0.29) is 6.61 Å². The van der Waals surface area contributed by atoms with Crippen molar-refractivity contribution in [3.8, 4) is 5.75 Å². The number of urea groups is 1. The fourth-order valence-electron chi connectivity index (χ4n) is 1.18. The van der Waals surface area contributed by atoms with Crippen molar-refractivity contribution in [2.24, 2.45) is 0 Å². The molecule has 0 aliphatic rings. The van der Waals surface area contributed by atoms with Crippen molar-refractivity contribution in [1.29, 1.82) is 0 Å². The van der Waals surface area contributed by atoms with E-state index in [9.17, 15) is 9.59 Å². The van der Waals surface area contributed by atoms with Gasteiger partial charge in [-0.3, -0.25) is 10.1 Å². The number of hydrogen-bond donors (Lipinski definition) is 2. The number of carbonyl (C=O) groups excluding carboxylic acids is 2. The van der Waals surface area contributed by atoms with Crippen LogP contribution in [0.5, 0.6) is 5.75 Å². The van der Waals surface area contributed by atoms with Gasteiger partial charge < -0.3 is 10.1 Å². The molecule has 0 atom stereocenters. The van der Waals surface area contributed by atoms with Gasteiger partial charge in [-0.15, -0.1) is 0 Å². The lowest BCUT2D eigenvalue weighted by Gasteiger charge is -2.09.